The Morgan fingerprint density at radius 2 is 1.95 bits per heavy atom. The van der Waals surface area contributed by atoms with Crippen LogP contribution in [0.25, 0.3) is 0 Å². The van der Waals surface area contributed by atoms with Crippen LogP contribution >= 0.6 is 11.6 Å². The van der Waals surface area contributed by atoms with E-state index < -0.39 is 0 Å². The molecule has 0 radical (unpaired) electrons. The smallest absolute Gasteiger partial charge is 0.120 e. The van der Waals surface area contributed by atoms with Crippen molar-refractivity contribution in [3.05, 3.63) is 28.8 Å². The van der Waals surface area contributed by atoms with Crippen LogP contribution in [0.5, 0.6) is 5.75 Å². The quantitative estimate of drug-likeness (QED) is 0.646. The fraction of sp³-hybridized carbons (Fsp3) is 0.625. The van der Waals surface area contributed by atoms with Crippen LogP contribution in [-0.4, -0.2) is 14.2 Å². The van der Waals surface area contributed by atoms with Crippen LogP contribution in [0.2, 0.25) is 5.02 Å². The largest absolute Gasteiger partial charge is 0.497 e. The molecule has 0 aliphatic carbocycles. The molecule has 1 aromatic rings. The van der Waals surface area contributed by atoms with Gasteiger partial charge in [0, 0.05) is 11.1 Å². The minimum atomic E-state index is 0.333. The molecule has 0 heterocycles. The van der Waals surface area contributed by atoms with Crippen molar-refractivity contribution in [3.63, 3.8) is 0 Å². The SMILES string of the molecule is CCCCCCCC(NC)c1ccc(OC)cc1Cl. The van der Waals surface area contributed by atoms with Crippen molar-refractivity contribution in [2.45, 2.75) is 51.5 Å². The Morgan fingerprint density at radius 3 is 2.53 bits per heavy atom. The maximum Gasteiger partial charge on any atom is 0.120 e. The van der Waals surface area contributed by atoms with Gasteiger partial charge in [-0.25, -0.2) is 0 Å². The van der Waals surface area contributed by atoms with E-state index in [1.807, 2.05) is 19.2 Å². The number of halogens is 1. The summed E-state index contributed by atoms with van der Waals surface area (Å²) in [5.74, 6) is 0.812. The van der Waals surface area contributed by atoms with E-state index in [4.69, 9.17) is 16.3 Å². The Balaban J connectivity index is 2.54. The van der Waals surface area contributed by atoms with Gasteiger partial charge < -0.3 is 10.1 Å². The highest BCUT2D eigenvalue weighted by atomic mass is 35.5. The van der Waals surface area contributed by atoms with Gasteiger partial charge in [-0.05, 0) is 31.2 Å². The molecule has 0 spiro atoms. The van der Waals surface area contributed by atoms with E-state index in [0.717, 1.165) is 17.2 Å². The lowest BCUT2D eigenvalue weighted by atomic mass is 9.99. The van der Waals surface area contributed by atoms with E-state index in [1.54, 1.807) is 7.11 Å². The maximum absolute atomic E-state index is 6.32. The molecule has 1 N–H and O–H groups in total. The number of unbranched alkanes of at least 4 members (excludes halogenated alkanes) is 4. The van der Waals surface area contributed by atoms with E-state index in [1.165, 1.54) is 37.7 Å². The highest BCUT2D eigenvalue weighted by molar-refractivity contribution is 6.31. The lowest BCUT2D eigenvalue weighted by Crippen LogP contribution is -2.16. The fourth-order valence-corrected chi connectivity index (χ4v) is 2.63. The monoisotopic (exact) mass is 283 g/mol. The molecule has 0 bridgehead atoms. The third-order valence-electron chi connectivity index (χ3n) is 3.53. The molecule has 1 aromatic carbocycles. The van der Waals surface area contributed by atoms with Gasteiger partial charge in [0.15, 0.2) is 0 Å². The first-order valence-electron chi connectivity index (χ1n) is 7.23. The molecule has 1 rings (SSSR count). The van der Waals surface area contributed by atoms with Crippen LogP contribution in [0.15, 0.2) is 18.2 Å². The molecule has 1 unspecified atom stereocenters. The van der Waals surface area contributed by atoms with Crippen LogP contribution in [0.1, 0.15) is 57.1 Å². The van der Waals surface area contributed by atoms with E-state index in [2.05, 4.69) is 18.3 Å². The van der Waals surface area contributed by atoms with Crippen molar-refractivity contribution in [1.29, 1.82) is 0 Å². The maximum atomic E-state index is 6.32. The van der Waals surface area contributed by atoms with Crippen molar-refractivity contribution in [3.8, 4) is 5.75 Å². The Kier molecular flexibility index (Phi) is 7.92. The number of ether oxygens (including phenoxy) is 1. The van der Waals surface area contributed by atoms with Gasteiger partial charge in [-0.3, -0.25) is 0 Å². The van der Waals surface area contributed by atoms with Crippen molar-refractivity contribution in [2.75, 3.05) is 14.2 Å². The second-order valence-corrected chi connectivity index (χ2v) is 5.34. The third kappa shape index (κ3) is 5.42. The average molecular weight is 284 g/mol. The lowest BCUT2D eigenvalue weighted by molar-refractivity contribution is 0.414. The zero-order chi connectivity index (χ0) is 14.1. The summed E-state index contributed by atoms with van der Waals surface area (Å²) in [4.78, 5) is 0. The number of rotatable bonds is 9. The van der Waals surface area contributed by atoms with Gasteiger partial charge in [0.1, 0.15) is 5.75 Å². The van der Waals surface area contributed by atoms with Gasteiger partial charge in [-0.15, -0.1) is 0 Å². The summed E-state index contributed by atoms with van der Waals surface area (Å²) in [6, 6.07) is 6.26. The standard InChI is InChI=1S/C16H26ClNO/c1-4-5-6-7-8-9-16(18-2)14-11-10-13(19-3)12-15(14)17/h10-12,16,18H,4-9H2,1-3H3. The lowest BCUT2D eigenvalue weighted by Gasteiger charge is -2.18. The molecular weight excluding hydrogens is 258 g/mol. The molecule has 1 atom stereocenters. The highest BCUT2D eigenvalue weighted by Gasteiger charge is 2.13. The molecule has 2 nitrogen and oxygen atoms in total. The van der Waals surface area contributed by atoms with Gasteiger partial charge in [0.25, 0.3) is 0 Å². The Morgan fingerprint density at radius 1 is 1.21 bits per heavy atom. The van der Waals surface area contributed by atoms with Crippen LogP contribution in [0, 0.1) is 0 Å². The topological polar surface area (TPSA) is 21.3 Å². The molecule has 0 aliphatic heterocycles. The van der Waals surface area contributed by atoms with E-state index in [9.17, 15) is 0 Å². The van der Waals surface area contributed by atoms with Crippen molar-refractivity contribution < 1.29 is 4.74 Å². The first-order chi connectivity index (χ1) is 9.22. The van der Waals surface area contributed by atoms with Crippen LogP contribution in [0.4, 0.5) is 0 Å². The molecule has 19 heavy (non-hydrogen) atoms. The summed E-state index contributed by atoms with van der Waals surface area (Å²) < 4.78 is 5.18. The minimum absolute atomic E-state index is 0.333. The molecule has 0 saturated heterocycles. The highest BCUT2D eigenvalue weighted by Crippen LogP contribution is 2.30. The molecule has 0 amide bonds. The molecular formula is C16H26ClNO. The van der Waals surface area contributed by atoms with Crippen molar-refractivity contribution in [2.24, 2.45) is 0 Å². The first-order valence-corrected chi connectivity index (χ1v) is 7.61. The van der Waals surface area contributed by atoms with Gasteiger partial charge >= 0.3 is 0 Å². The van der Waals surface area contributed by atoms with Crippen molar-refractivity contribution in [1.82, 2.24) is 5.32 Å². The molecule has 0 fully saturated rings. The Labute approximate surface area is 122 Å². The predicted octanol–water partition coefficient (Wildman–Crippen LogP) is 4.97. The second kappa shape index (κ2) is 9.22. The van der Waals surface area contributed by atoms with Gasteiger partial charge in [-0.1, -0.05) is 56.7 Å². The van der Waals surface area contributed by atoms with Gasteiger partial charge in [-0.2, -0.15) is 0 Å². The number of hydrogen-bond donors (Lipinski definition) is 1. The van der Waals surface area contributed by atoms with E-state index in [0.29, 0.717) is 6.04 Å². The summed E-state index contributed by atoms with van der Waals surface area (Å²) >= 11 is 6.32. The summed E-state index contributed by atoms with van der Waals surface area (Å²) in [6.07, 6.45) is 7.65. The number of methoxy groups -OCH3 is 1. The Hall–Kier alpha value is -0.730. The summed E-state index contributed by atoms with van der Waals surface area (Å²) in [5, 5.41) is 4.15. The van der Waals surface area contributed by atoms with Crippen molar-refractivity contribution >= 4 is 11.6 Å². The number of nitrogens with one attached hydrogen (secondary N) is 1. The summed E-state index contributed by atoms with van der Waals surface area (Å²) in [6.45, 7) is 2.24. The normalized spacial score (nSPS) is 12.4. The van der Waals surface area contributed by atoms with E-state index >= 15 is 0 Å². The third-order valence-corrected chi connectivity index (χ3v) is 3.86. The molecule has 0 saturated carbocycles. The minimum Gasteiger partial charge on any atom is -0.497 e. The molecule has 3 heteroatoms. The van der Waals surface area contributed by atoms with Crippen LogP contribution in [-0.2, 0) is 0 Å². The fourth-order valence-electron chi connectivity index (χ4n) is 2.32. The zero-order valence-corrected chi connectivity index (χ0v) is 13.1. The first kappa shape index (κ1) is 16.3. The number of hydrogen-bond acceptors (Lipinski definition) is 2. The zero-order valence-electron chi connectivity index (χ0n) is 12.3. The number of benzene rings is 1. The molecule has 0 aliphatic rings. The van der Waals surface area contributed by atoms with E-state index in [-0.39, 0.29) is 0 Å². The van der Waals surface area contributed by atoms with Crippen LogP contribution < -0.4 is 10.1 Å². The second-order valence-electron chi connectivity index (χ2n) is 4.93. The molecule has 108 valence electrons. The summed E-state index contributed by atoms with van der Waals surface area (Å²) in [7, 11) is 3.66. The van der Waals surface area contributed by atoms with Gasteiger partial charge in [0.05, 0.1) is 7.11 Å². The average Bonchev–Trinajstić information content (AvgIpc) is 2.43. The predicted molar refractivity (Wildman–Crippen MR) is 83.2 cm³/mol. The molecule has 0 aromatic heterocycles. The van der Waals surface area contributed by atoms with Gasteiger partial charge in [0.2, 0.25) is 0 Å². The van der Waals surface area contributed by atoms with Crippen LogP contribution in [0.3, 0.4) is 0 Å². The Bertz CT molecular complexity index is 368. The summed E-state index contributed by atoms with van der Waals surface area (Å²) in [5.41, 5.74) is 1.17.